The van der Waals surface area contributed by atoms with Gasteiger partial charge in [-0.25, -0.2) is 4.57 Å². The molecule has 8 nitrogen and oxygen atoms in total. The van der Waals surface area contributed by atoms with Gasteiger partial charge >= 0.3 is 19.8 Å². The summed E-state index contributed by atoms with van der Waals surface area (Å²) in [7, 11) is -4.73. The summed E-state index contributed by atoms with van der Waals surface area (Å²) >= 11 is 0. The Morgan fingerprint density at radius 2 is 0.973 bits per heavy atom. The van der Waals surface area contributed by atoms with Crippen molar-refractivity contribution < 1.29 is 37.9 Å². The molecule has 37 heavy (non-hydrogen) atoms. The van der Waals surface area contributed by atoms with Crippen molar-refractivity contribution in [1.82, 2.24) is 0 Å². The number of carbonyl (C=O) groups excluding carboxylic acids is 2. The van der Waals surface area contributed by atoms with E-state index in [2.05, 4.69) is 18.4 Å². The van der Waals surface area contributed by atoms with Crippen LogP contribution in [0.5, 0.6) is 0 Å². The average molecular weight is 551 g/mol. The van der Waals surface area contributed by atoms with Gasteiger partial charge in [0.15, 0.2) is 6.10 Å². The van der Waals surface area contributed by atoms with Crippen molar-refractivity contribution in [2.75, 3.05) is 13.2 Å². The van der Waals surface area contributed by atoms with Crippen LogP contribution in [-0.4, -0.2) is 41.0 Å². The van der Waals surface area contributed by atoms with E-state index in [1.165, 1.54) is 77.0 Å². The van der Waals surface area contributed by atoms with Crippen molar-refractivity contribution in [3.8, 4) is 0 Å². The van der Waals surface area contributed by atoms with E-state index >= 15 is 0 Å². The standard InChI is InChI=1S/C28H55O8P/c1-3-5-7-9-11-12-13-14-15-17-19-21-23-28(30)36-26(25-35-37(31,32)33)24-34-27(29)22-20-18-16-10-8-6-4-2/h26H,3-25H2,1-2H3,(H2,31,32,33)/t26-/m1/s1. The second kappa shape index (κ2) is 25.3. The SMILES string of the molecule is CCCCCCCCCCCCCCC(=O)O[C@H](COC(=O)CCCCCCCCC)COP(=O)(O)O. The lowest BCUT2D eigenvalue weighted by atomic mass is 10.0. The first-order chi connectivity index (χ1) is 17.8. The highest BCUT2D eigenvalue weighted by Gasteiger charge is 2.22. The van der Waals surface area contributed by atoms with Crippen LogP contribution in [0.2, 0.25) is 0 Å². The summed E-state index contributed by atoms with van der Waals surface area (Å²) in [5, 5.41) is 0. The molecule has 2 N–H and O–H groups in total. The van der Waals surface area contributed by atoms with Gasteiger partial charge in [-0.15, -0.1) is 0 Å². The molecule has 220 valence electrons. The largest absolute Gasteiger partial charge is 0.469 e. The molecule has 0 amide bonds. The van der Waals surface area contributed by atoms with E-state index in [1.807, 2.05) is 0 Å². The Balaban J connectivity index is 4.04. The van der Waals surface area contributed by atoms with E-state index < -0.39 is 32.5 Å². The van der Waals surface area contributed by atoms with E-state index in [4.69, 9.17) is 19.3 Å². The molecule has 0 saturated carbocycles. The van der Waals surface area contributed by atoms with Gasteiger partial charge in [-0.05, 0) is 12.8 Å². The van der Waals surface area contributed by atoms with Crippen molar-refractivity contribution >= 4 is 19.8 Å². The van der Waals surface area contributed by atoms with E-state index in [0.717, 1.165) is 38.5 Å². The summed E-state index contributed by atoms with van der Waals surface area (Å²) in [6.07, 6.45) is 21.3. The Hall–Kier alpha value is -0.950. The number of rotatable bonds is 27. The first-order valence-corrected chi connectivity index (χ1v) is 16.4. The Morgan fingerprint density at radius 1 is 0.595 bits per heavy atom. The molecule has 0 aliphatic carbocycles. The lowest BCUT2D eigenvalue weighted by molar-refractivity contribution is -0.161. The predicted molar refractivity (Wildman–Crippen MR) is 147 cm³/mol. The van der Waals surface area contributed by atoms with Crippen molar-refractivity contribution in [3.63, 3.8) is 0 Å². The molecule has 0 fully saturated rings. The molecule has 0 aromatic heterocycles. The fraction of sp³-hybridized carbons (Fsp3) is 0.929. The van der Waals surface area contributed by atoms with Gasteiger partial charge < -0.3 is 19.3 Å². The fourth-order valence-corrected chi connectivity index (χ4v) is 4.50. The third-order valence-electron chi connectivity index (χ3n) is 6.38. The maximum Gasteiger partial charge on any atom is 0.469 e. The minimum Gasteiger partial charge on any atom is -0.462 e. The second-order valence-corrected chi connectivity index (χ2v) is 11.3. The molecule has 0 heterocycles. The average Bonchev–Trinajstić information content (AvgIpc) is 2.85. The number of esters is 2. The van der Waals surface area contributed by atoms with Crippen LogP contribution < -0.4 is 0 Å². The molecule has 9 heteroatoms. The molecule has 1 atom stereocenters. The van der Waals surface area contributed by atoms with Crippen LogP contribution >= 0.6 is 7.82 Å². The summed E-state index contributed by atoms with van der Waals surface area (Å²) in [6.45, 7) is 3.60. The number of carbonyl (C=O) groups is 2. The molecule has 0 unspecified atom stereocenters. The molecule has 0 aliphatic rings. The topological polar surface area (TPSA) is 119 Å². The first-order valence-electron chi connectivity index (χ1n) is 14.8. The number of phosphoric acid groups is 1. The Bertz CT molecular complexity index is 593. The number of hydrogen-bond donors (Lipinski definition) is 2. The van der Waals surface area contributed by atoms with E-state index in [-0.39, 0.29) is 19.4 Å². The normalized spacial score (nSPS) is 12.4. The molecular formula is C28H55O8P. The monoisotopic (exact) mass is 550 g/mol. The summed E-state index contributed by atoms with van der Waals surface area (Å²) in [6, 6.07) is 0. The molecular weight excluding hydrogens is 495 g/mol. The molecule has 0 radical (unpaired) electrons. The van der Waals surface area contributed by atoms with Crippen molar-refractivity contribution in [1.29, 1.82) is 0 Å². The van der Waals surface area contributed by atoms with Crippen molar-refractivity contribution in [2.24, 2.45) is 0 Å². The highest BCUT2D eigenvalue weighted by atomic mass is 31.2. The van der Waals surface area contributed by atoms with Gasteiger partial charge in [0.05, 0.1) is 6.61 Å². The number of ether oxygens (including phenoxy) is 2. The highest BCUT2D eigenvalue weighted by molar-refractivity contribution is 7.46. The lowest BCUT2D eigenvalue weighted by Gasteiger charge is -2.18. The number of hydrogen-bond acceptors (Lipinski definition) is 6. The van der Waals surface area contributed by atoms with Crippen LogP contribution in [0, 0.1) is 0 Å². The van der Waals surface area contributed by atoms with Gasteiger partial charge in [-0.3, -0.25) is 14.1 Å². The third-order valence-corrected chi connectivity index (χ3v) is 6.86. The van der Waals surface area contributed by atoms with E-state index in [0.29, 0.717) is 6.42 Å². The Kier molecular flexibility index (Phi) is 24.7. The Labute approximate surface area is 225 Å². The molecule has 0 bridgehead atoms. The number of unbranched alkanes of at least 4 members (excludes halogenated alkanes) is 17. The van der Waals surface area contributed by atoms with Gasteiger partial charge in [0.1, 0.15) is 6.61 Å². The maximum atomic E-state index is 12.2. The Morgan fingerprint density at radius 3 is 1.38 bits per heavy atom. The van der Waals surface area contributed by atoms with Crippen LogP contribution in [0.3, 0.4) is 0 Å². The van der Waals surface area contributed by atoms with E-state index in [9.17, 15) is 14.2 Å². The molecule has 0 aliphatic heterocycles. The summed E-state index contributed by atoms with van der Waals surface area (Å²) in [5.74, 6) is -0.888. The smallest absolute Gasteiger partial charge is 0.462 e. The van der Waals surface area contributed by atoms with Crippen molar-refractivity contribution in [2.45, 2.75) is 155 Å². The van der Waals surface area contributed by atoms with Crippen LogP contribution in [0.25, 0.3) is 0 Å². The molecule has 0 spiro atoms. The maximum absolute atomic E-state index is 12.2. The van der Waals surface area contributed by atoms with Crippen LogP contribution in [0.4, 0.5) is 0 Å². The summed E-state index contributed by atoms with van der Waals surface area (Å²) in [5.41, 5.74) is 0. The predicted octanol–water partition coefficient (Wildman–Crippen LogP) is 7.78. The van der Waals surface area contributed by atoms with Crippen LogP contribution in [0.1, 0.15) is 149 Å². The van der Waals surface area contributed by atoms with Crippen molar-refractivity contribution in [3.05, 3.63) is 0 Å². The van der Waals surface area contributed by atoms with Gasteiger partial charge in [0, 0.05) is 12.8 Å². The van der Waals surface area contributed by atoms with Crippen LogP contribution in [0.15, 0.2) is 0 Å². The second-order valence-electron chi connectivity index (χ2n) is 10.1. The molecule has 0 saturated heterocycles. The quantitative estimate of drug-likeness (QED) is 0.0604. The molecule has 0 rings (SSSR count). The molecule has 0 aromatic rings. The minimum absolute atomic E-state index is 0.218. The van der Waals surface area contributed by atoms with E-state index in [1.54, 1.807) is 0 Å². The highest BCUT2D eigenvalue weighted by Crippen LogP contribution is 2.35. The summed E-state index contributed by atoms with van der Waals surface area (Å²) < 4.78 is 26.0. The zero-order valence-electron chi connectivity index (χ0n) is 23.6. The zero-order chi connectivity index (χ0) is 27.6. The third kappa shape index (κ3) is 27.9. The van der Waals surface area contributed by atoms with Gasteiger partial charge in [0.25, 0.3) is 0 Å². The molecule has 0 aromatic carbocycles. The minimum atomic E-state index is -4.73. The van der Waals surface area contributed by atoms with Gasteiger partial charge in [-0.2, -0.15) is 0 Å². The number of phosphoric ester groups is 1. The zero-order valence-corrected chi connectivity index (χ0v) is 24.5. The summed E-state index contributed by atoms with van der Waals surface area (Å²) in [4.78, 5) is 42.2. The fourth-order valence-electron chi connectivity index (χ4n) is 4.14. The van der Waals surface area contributed by atoms with Gasteiger partial charge in [0.2, 0.25) is 0 Å². The lowest BCUT2D eigenvalue weighted by Crippen LogP contribution is -2.29. The van der Waals surface area contributed by atoms with Crippen LogP contribution in [-0.2, 0) is 28.2 Å². The first kappa shape index (κ1) is 36.0. The van der Waals surface area contributed by atoms with Gasteiger partial charge in [-0.1, -0.05) is 123 Å².